The van der Waals surface area contributed by atoms with Crippen LogP contribution in [-0.2, 0) is 14.3 Å². The number of ether oxygens (including phenoxy) is 1. The van der Waals surface area contributed by atoms with Gasteiger partial charge in [-0.15, -0.1) is 0 Å². The highest BCUT2D eigenvalue weighted by molar-refractivity contribution is 7.99. The maximum Gasteiger partial charge on any atom is 0.251 e. The van der Waals surface area contributed by atoms with E-state index in [9.17, 15) is 14.4 Å². The lowest BCUT2D eigenvalue weighted by molar-refractivity contribution is -0.139. The van der Waals surface area contributed by atoms with Gasteiger partial charge in [0.2, 0.25) is 5.91 Å². The average Bonchev–Trinajstić information content (AvgIpc) is 3.48. The van der Waals surface area contributed by atoms with Crippen LogP contribution in [0.3, 0.4) is 0 Å². The summed E-state index contributed by atoms with van der Waals surface area (Å²) in [6, 6.07) is 6.81. The number of rotatable bonds is 6. The fourth-order valence-electron chi connectivity index (χ4n) is 6.55. The van der Waals surface area contributed by atoms with Gasteiger partial charge in [-0.05, 0) is 81.6 Å². The van der Waals surface area contributed by atoms with Crippen LogP contribution in [0.4, 0.5) is 0 Å². The lowest BCUT2D eigenvalue weighted by Gasteiger charge is -2.34. The zero-order valence-corrected chi connectivity index (χ0v) is 22.3. The Hall–Kier alpha value is -1.90. The molecule has 36 heavy (non-hydrogen) atoms. The highest BCUT2D eigenvalue weighted by Crippen LogP contribution is 2.36. The first-order valence-electron chi connectivity index (χ1n) is 13.5. The number of likely N-dealkylation sites (tertiary alicyclic amines) is 2. The molecule has 7 nitrogen and oxygen atoms in total. The molecule has 0 spiro atoms. The summed E-state index contributed by atoms with van der Waals surface area (Å²) in [5, 5.41) is 3.20. The number of amides is 2. The van der Waals surface area contributed by atoms with Crippen molar-refractivity contribution in [3.8, 4) is 0 Å². The molecule has 0 unspecified atom stereocenters. The maximum atomic E-state index is 13.9. The summed E-state index contributed by atoms with van der Waals surface area (Å²) in [5.41, 5.74) is 1.87. The molecule has 5 rings (SSSR count). The van der Waals surface area contributed by atoms with E-state index in [1.165, 1.54) is 12.0 Å². The van der Waals surface area contributed by atoms with Crippen molar-refractivity contribution in [3.05, 3.63) is 35.4 Å². The normalized spacial score (nSPS) is 28.8. The number of benzene rings is 1. The Balaban J connectivity index is 1.31. The van der Waals surface area contributed by atoms with Crippen molar-refractivity contribution in [3.63, 3.8) is 0 Å². The third-order valence-corrected chi connectivity index (χ3v) is 9.78. The van der Waals surface area contributed by atoms with Crippen molar-refractivity contribution in [1.82, 2.24) is 15.1 Å². The number of nitrogens with zero attached hydrogens (tertiary/aromatic N) is 2. The fraction of sp³-hybridized carbons (Fsp3) is 0.679. The second-order valence-corrected chi connectivity index (χ2v) is 12.1. The SMILES string of the molecule is CS[C@H]1CN(C(=O)[C@@H](NC(=O)c2ccc(C3CCN(C)CC3)cc2)C2CCCCC2)[C@@H]2C(=O)CO[C@H]12. The standard InChI is InChI=1S/C28H39N3O4S/c1-30-14-12-19(13-15-30)18-8-10-21(11-9-18)27(33)29-24(20-6-4-3-5-7-20)28(34)31-16-23(36-2)26-25(31)22(32)17-35-26/h8-11,19-20,23-26H,3-7,12-17H2,1-2H3,(H,29,33)/t23-,24-,25+,26+/m0/s1. The molecule has 1 aromatic rings. The predicted molar refractivity (Wildman–Crippen MR) is 141 cm³/mol. The molecule has 0 aromatic heterocycles. The zero-order valence-electron chi connectivity index (χ0n) is 21.5. The number of ketones is 1. The largest absolute Gasteiger partial charge is 0.367 e. The highest BCUT2D eigenvalue weighted by Gasteiger charge is 2.53. The van der Waals surface area contributed by atoms with Crippen molar-refractivity contribution in [2.75, 3.05) is 39.5 Å². The van der Waals surface area contributed by atoms with E-state index in [-0.39, 0.29) is 41.5 Å². The molecule has 3 saturated heterocycles. The monoisotopic (exact) mass is 513 g/mol. The summed E-state index contributed by atoms with van der Waals surface area (Å²) >= 11 is 1.64. The predicted octanol–water partition coefficient (Wildman–Crippen LogP) is 3.08. The van der Waals surface area contributed by atoms with E-state index < -0.39 is 12.1 Å². The van der Waals surface area contributed by atoms with Gasteiger partial charge in [0.25, 0.3) is 5.91 Å². The van der Waals surface area contributed by atoms with E-state index in [0.29, 0.717) is 18.0 Å². The van der Waals surface area contributed by atoms with E-state index in [1.807, 2.05) is 18.4 Å². The first kappa shape index (κ1) is 25.7. The molecular weight excluding hydrogens is 474 g/mol. The molecule has 3 heterocycles. The van der Waals surface area contributed by atoms with Crippen LogP contribution in [-0.4, -0.2) is 90.4 Å². The minimum Gasteiger partial charge on any atom is -0.367 e. The maximum absolute atomic E-state index is 13.9. The van der Waals surface area contributed by atoms with Crippen molar-refractivity contribution in [1.29, 1.82) is 0 Å². The number of carbonyl (C=O) groups is 3. The Morgan fingerprint density at radius 3 is 2.42 bits per heavy atom. The average molecular weight is 514 g/mol. The van der Waals surface area contributed by atoms with Gasteiger partial charge < -0.3 is 19.9 Å². The number of carbonyl (C=O) groups excluding carboxylic acids is 3. The Bertz CT molecular complexity index is 956. The molecule has 4 atom stereocenters. The van der Waals surface area contributed by atoms with Crippen molar-refractivity contribution in [2.24, 2.45) is 5.92 Å². The highest BCUT2D eigenvalue weighted by atomic mass is 32.2. The molecule has 4 fully saturated rings. The molecular formula is C28H39N3O4S. The summed E-state index contributed by atoms with van der Waals surface area (Å²) in [6.45, 7) is 2.76. The molecule has 2 amide bonds. The Morgan fingerprint density at radius 1 is 1.06 bits per heavy atom. The van der Waals surface area contributed by atoms with E-state index >= 15 is 0 Å². The van der Waals surface area contributed by atoms with Crippen LogP contribution in [0.15, 0.2) is 24.3 Å². The van der Waals surface area contributed by atoms with Crippen LogP contribution in [0.5, 0.6) is 0 Å². The number of Topliss-reactive ketones (excluding diaryl/α,β-unsaturated/α-hetero) is 1. The molecule has 1 aliphatic carbocycles. The Labute approximate surface area is 218 Å². The third-order valence-electron chi connectivity index (χ3n) is 8.76. The first-order valence-corrected chi connectivity index (χ1v) is 14.8. The fourth-order valence-corrected chi connectivity index (χ4v) is 7.35. The molecule has 0 bridgehead atoms. The van der Waals surface area contributed by atoms with Gasteiger partial charge in [0.1, 0.15) is 18.7 Å². The molecule has 0 radical (unpaired) electrons. The number of piperidine rings is 1. The van der Waals surface area contributed by atoms with Gasteiger partial charge in [-0.1, -0.05) is 31.4 Å². The van der Waals surface area contributed by atoms with E-state index in [4.69, 9.17) is 4.74 Å². The van der Waals surface area contributed by atoms with Crippen LogP contribution < -0.4 is 5.32 Å². The van der Waals surface area contributed by atoms with Gasteiger partial charge in [-0.2, -0.15) is 11.8 Å². The van der Waals surface area contributed by atoms with Crippen LogP contribution in [0.25, 0.3) is 0 Å². The zero-order chi connectivity index (χ0) is 25.2. The number of nitrogens with one attached hydrogen (secondary N) is 1. The Kier molecular flexibility index (Phi) is 8.03. The summed E-state index contributed by atoms with van der Waals surface area (Å²) in [5.74, 6) is 0.276. The molecule has 1 saturated carbocycles. The van der Waals surface area contributed by atoms with Crippen LogP contribution in [0, 0.1) is 5.92 Å². The van der Waals surface area contributed by atoms with Gasteiger partial charge in [0, 0.05) is 12.1 Å². The summed E-state index contributed by atoms with van der Waals surface area (Å²) in [7, 11) is 2.16. The number of hydrogen-bond donors (Lipinski definition) is 1. The first-order chi connectivity index (χ1) is 17.5. The number of thioether (sulfide) groups is 1. The second kappa shape index (κ2) is 11.2. The van der Waals surface area contributed by atoms with Crippen molar-refractivity contribution in [2.45, 2.75) is 74.3 Å². The molecule has 1 N–H and O–H groups in total. The van der Waals surface area contributed by atoms with Crippen LogP contribution in [0.1, 0.15) is 66.8 Å². The van der Waals surface area contributed by atoms with Crippen molar-refractivity contribution < 1.29 is 19.1 Å². The van der Waals surface area contributed by atoms with E-state index in [1.54, 1.807) is 16.7 Å². The van der Waals surface area contributed by atoms with Gasteiger partial charge in [-0.25, -0.2) is 0 Å². The summed E-state index contributed by atoms with van der Waals surface area (Å²) in [4.78, 5) is 44.0. The number of fused-ring (bicyclic) bond motifs is 1. The molecule has 1 aromatic carbocycles. The van der Waals surface area contributed by atoms with Crippen LogP contribution in [0.2, 0.25) is 0 Å². The Morgan fingerprint density at radius 2 is 1.75 bits per heavy atom. The van der Waals surface area contributed by atoms with E-state index in [0.717, 1.165) is 51.6 Å². The second-order valence-electron chi connectivity index (χ2n) is 11.0. The van der Waals surface area contributed by atoms with Gasteiger partial charge in [-0.3, -0.25) is 14.4 Å². The smallest absolute Gasteiger partial charge is 0.251 e. The summed E-state index contributed by atoms with van der Waals surface area (Å²) in [6.07, 6.45) is 9.17. The summed E-state index contributed by atoms with van der Waals surface area (Å²) < 4.78 is 5.76. The molecule has 8 heteroatoms. The molecule has 3 aliphatic heterocycles. The lowest BCUT2D eigenvalue weighted by Crippen LogP contribution is -2.55. The third kappa shape index (κ3) is 5.22. The molecule has 196 valence electrons. The lowest BCUT2D eigenvalue weighted by atomic mass is 9.83. The minimum absolute atomic E-state index is 0.0249. The minimum atomic E-state index is -0.610. The molecule has 4 aliphatic rings. The topological polar surface area (TPSA) is 79.0 Å². The van der Waals surface area contributed by atoms with Gasteiger partial charge >= 0.3 is 0 Å². The number of hydrogen-bond acceptors (Lipinski definition) is 6. The van der Waals surface area contributed by atoms with E-state index in [2.05, 4.69) is 29.4 Å². The quantitative estimate of drug-likeness (QED) is 0.630. The van der Waals surface area contributed by atoms with Crippen LogP contribution >= 0.6 is 11.8 Å². The van der Waals surface area contributed by atoms with Crippen molar-refractivity contribution >= 4 is 29.4 Å². The van der Waals surface area contributed by atoms with Gasteiger partial charge in [0.15, 0.2) is 5.78 Å². The van der Waals surface area contributed by atoms with Gasteiger partial charge in [0.05, 0.1) is 11.4 Å².